The number of carbonyl (C=O) groups is 1. The normalized spacial score (nSPS) is 19.2. The van der Waals surface area contributed by atoms with Crippen molar-refractivity contribution in [3.05, 3.63) is 17.8 Å². The molecule has 1 aromatic heterocycles. The van der Waals surface area contributed by atoms with E-state index in [-0.39, 0.29) is 11.4 Å². The van der Waals surface area contributed by atoms with E-state index in [1.807, 2.05) is 0 Å². The molecule has 0 aliphatic carbocycles. The minimum absolute atomic E-state index is 0.258. The van der Waals surface area contributed by atoms with Crippen molar-refractivity contribution in [1.29, 1.82) is 0 Å². The largest absolute Gasteiger partial charge is 0.465 e. The molecular weight excluding hydrogens is 254 g/mol. The maximum atomic E-state index is 11.9. The fourth-order valence-corrected chi connectivity index (χ4v) is 2.65. The van der Waals surface area contributed by atoms with Gasteiger partial charge in [-0.2, -0.15) is 0 Å². The van der Waals surface area contributed by atoms with Crippen LogP contribution >= 0.6 is 0 Å². The highest BCUT2D eigenvalue weighted by molar-refractivity contribution is 5.95. The van der Waals surface area contributed by atoms with E-state index in [9.17, 15) is 4.79 Å². The molecule has 1 aliphatic heterocycles. The molecule has 1 saturated heterocycles. The summed E-state index contributed by atoms with van der Waals surface area (Å²) in [4.78, 5) is 18.4. The third kappa shape index (κ3) is 2.86. The molecule has 0 spiro atoms. The first-order valence-corrected chi connectivity index (χ1v) is 6.91. The average molecular weight is 277 g/mol. The van der Waals surface area contributed by atoms with Gasteiger partial charge in [-0.3, -0.25) is 0 Å². The summed E-state index contributed by atoms with van der Waals surface area (Å²) in [6.45, 7) is 8.56. The summed E-state index contributed by atoms with van der Waals surface area (Å²) in [6, 6.07) is 1.64. The van der Waals surface area contributed by atoms with Crippen LogP contribution in [0.1, 0.15) is 37.6 Å². The number of hydrogen-bond acceptors (Lipinski definition) is 5. The van der Waals surface area contributed by atoms with Crippen LogP contribution in [0.25, 0.3) is 0 Å². The van der Waals surface area contributed by atoms with Gasteiger partial charge in [0.15, 0.2) is 0 Å². The van der Waals surface area contributed by atoms with Gasteiger partial charge in [0, 0.05) is 13.1 Å². The van der Waals surface area contributed by atoms with Crippen LogP contribution in [0.3, 0.4) is 0 Å². The van der Waals surface area contributed by atoms with Gasteiger partial charge in [0.25, 0.3) is 0 Å². The van der Waals surface area contributed by atoms with Crippen LogP contribution in [0, 0.1) is 11.3 Å². The number of aromatic nitrogens is 1. The van der Waals surface area contributed by atoms with Gasteiger partial charge in [-0.15, -0.1) is 0 Å². The summed E-state index contributed by atoms with van der Waals surface area (Å²) in [5.41, 5.74) is 6.90. The van der Waals surface area contributed by atoms with Crippen LogP contribution in [-0.4, -0.2) is 31.2 Å². The lowest BCUT2D eigenvalue weighted by atomic mass is 9.80. The maximum Gasteiger partial charge on any atom is 0.341 e. The topological polar surface area (TPSA) is 68.5 Å². The number of pyridine rings is 1. The number of anilines is 2. The average Bonchev–Trinajstić information content (AvgIpc) is 2.87. The van der Waals surface area contributed by atoms with E-state index in [1.54, 1.807) is 12.3 Å². The maximum absolute atomic E-state index is 11.9. The van der Waals surface area contributed by atoms with E-state index >= 15 is 0 Å². The van der Waals surface area contributed by atoms with Crippen LogP contribution in [0.2, 0.25) is 0 Å². The second kappa shape index (κ2) is 5.31. The Bertz CT molecular complexity index is 508. The Morgan fingerprint density at radius 2 is 2.20 bits per heavy atom. The Morgan fingerprint density at radius 3 is 2.75 bits per heavy atom. The van der Waals surface area contributed by atoms with Crippen LogP contribution in [0.4, 0.5) is 11.5 Å². The highest BCUT2D eigenvalue weighted by atomic mass is 16.5. The summed E-state index contributed by atoms with van der Waals surface area (Å²) < 4.78 is 4.82. The lowest BCUT2D eigenvalue weighted by molar-refractivity contribution is 0.0601. The molecule has 20 heavy (non-hydrogen) atoms. The molecule has 1 fully saturated rings. The fraction of sp³-hybridized carbons (Fsp3) is 0.600. The van der Waals surface area contributed by atoms with Gasteiger partial charge in [-0.25, -0.2) is 9.78 Å². The van der Waals surface area contributed by atoms with E-state index in [2.05, 4.69) is 30.7 Å². The van der Waals surface area contributed by atoms with Crippen molar-refractivity contribution in [2.24, 2.45) is 11.3 Å². The zero-order valence-corrected chi connectivity index (χ0v) is 12.6. The number of ether oxygens (including phenoxy) is 1. The van der Waals surface area contributed by atoms with Gasteiger partial charge in [-0.1, -0.05) is 20.8 Å². The molecule has 0 radical (unpaired) electrons. The molecule has 0 amide bonds. The Morgan fingerprint density at radius 1 is 1.50 bits per heavy atom. The number of nitrogen functional groups attached to an aromatic ring is 1. The number of esters is 1. The van der Waals surface area contributed by atoms with Gasteiger partial charge in [0.05, 0.1) is 19.0 Å². The molecule has 2 rings (SSSR count). The second-order valence-corrected chi connectivity index (χ2v) is 6.43. The van der Waals surface area contributed by atoms with Crippen molar-refractivity contribution in [2.45, 2.75) is 27.2 Å². The second-order valence-electron chi connectivity index (χ2n) is 6.43. The summed E-state index contributed by atoms with van der Waals surface area (Å²) in [7, 11) is 1.37. The van der Waals surface area contributed by atoms with Crippen LogP contribution in [-0.2, 0) is 4.74 Å². The molecule has 110 valence electrons. The third-order valence-electron chi connectivity index (χ3n) is 4.01. The molecule has 1 unspecified atom stereocenters. The number of nitrogens with two attached hydrogens (primary N) is 1. The summed E-state index contributed by atoms with van der Waals surface area (Å²) in [5, 5.41) is 0. The highest BCUT2D eigenvalue weighted by Gasteiger charge is 2.33. The quantitative estimate of drug-likeness (QED) is 0.840. The fourth-order valence-electron chi connectivity index (χ4n) is 2.65. The Hall–Kier alpha value is -1.78. The molecule has 2 N–H and O–H groups in total. The van der Waals surface area contributed by atoms with Crippen LogP contribution in [0.5, 0.6) is 0 Å². The van der Waals surface area contributed by atoms with Gasteiger partial charge < -0.3 is 15.4 Å². The minimum atomic E-state index is -0.390. The Labute approximate surface area is 120 Å². The van der Waals surface area contributed by atoms with Gasteiger partial charge in [-0.05, 0) is 23.8 Å². The first-order chi connectivity index (χ1) is 9.32. The van der Waals surface area contributed by atoms with E-state index in [1.165, 1.54) is 7.11 Å². The lowest BCUT2D eigenvalue weighted by Gasteiger charge is -2.27. The van der Waals surface area contributed by atoms with E-state index in [0.29, 0.717) is 23.0 Å². The van der Waals surface area contributed by atoms with Gasteiger partial charge in [0.2, 0.25) is 0 Å². The molecule has 1 aromatic rings. The van der Waals surface area contributed by atoms with E-state index < -0.39 is 0 Å². The zero-order chi connectivity index (χ0) is 14.9. The highest BCUT2D eigenvalue weighted by Crippen LogP contribution is 2.36. The minimum Gasteiger partial charge on any atom is -0.465 e. The third-order valence-corrected chi connectivity index (χ3v) is 4.01. The molecule has 5 nitrogen and oxygen atoms in total. The molecule has 0 aromatic carbocycles. The molecular formula is C15H23N3O2. The number of hydrogen-bond donors (Lipinski definition) is 1. The van der Waals surface area contributed by atoms with Crippen molar-refractivity contribution in [3.8, 4) is 0 Å². The zero-order valence-electron chi connectivity index (χ0n) is 12.6. The number of nitrogens with zero attached hydrogens (tertiary/aromatic N) is 2. The van der Waals surface area contributed by atoms with Crippen LogP contribution < -0.4 is 10.6 Å². The van der Waals surface area contributed by atoms with Crippen molar-refractivity contribution in [2.75, 3.05) is 30.8 Å². The number of methoxy groups -OCH3 is 1. The number of rotatable bonds is 2. The summed E-state index contributed by atoms with van der Waals surface area (Å²) >= 11 is 0. The lowest BCUT2D eigenvalue weighted by Crippen LogP contribution is -2.27. The molecule has 1 aliphatic rings. The predicted octanol–water partition coefficient (Wildman–Crippen LogP) is 2.32. The summed E-state index contributed by atoms with van der Waals surface area (Å²) in [6.07, 6.45) is 2.70. The first-order valence-electron chi connectivity index (χ1n) is 6.91. The molecule has 1 atom stereocenters. The van der Waals surface area contributed by atoms with Crippen LogP contribution in [0.15, 0.2) is 12.3 Å². The van der Waals surface area contributed by atoms with Crippen molar-refractivity contribution in [3.63, 3.8) is 0 Å². The van der Waals surface area contributed by atoms with Gasteiger partial charge >= 0.3 is 5.97 Å². The Kier molecular flexibility index (Phi) is 3.88. The summed E-state index contributed by atoms with van der Waals surface area (Å²) in [5.74, 6) is 0.879. The SMILES string of the molecule is COC(=O)c1cc(N)cnc1N1CCC(C(C)(C)C)C1. The molecule has 0 saturated carbocycles. The monoisotopic (exact) mass is 277 g/mol. The number of carbonyl (C=O) groups excluding carboxylic acids is 1. The van der Waals surface area contributed by atoms with Crippen molar-refractivity contribution >= 4 is 17.5 Å². The van der Waals surface area contributed by atoms with Crippen molar-refractivity contribution < 1.29 is 9.53 Å². The van der Waals surface area contributed by atoms with E-state index in [4.69, 9.17) is 10.5 Å². The predicted molar refractivity (Wildman–Crippen MR) is 79.8 cm³/mol. The smallest absolute Gasteiger partial charge is 0.341 e. The standard InChI is InChI=1S/C15H23N3O2/c1-15(2,3)10-5-6-18(9-10)13-12(14(19)20-4)7-11(16)8-17-13/h7-8,10H,5-6,9,16H2,1-4H3. The molecule has 5 heteroatoms. The molecule has 2 heterocycles. The van der Waals surface area contributed by atoms with Gasteiger partial charge in [0.1, 0.15) is 11.4 Å². The van der Waals surface area contributed by atoms with Crippen molar-refractivity contribution in [1.82, 2.24) is 4.98 Å². The first kappa shape index (κ1) is 14.6. The molecule has 0 bridgehead atoms. The van der Waals surface area contributed by atoms with E-state index in [0.717, 1.165) is 19.5 Å². The Balaban J connectivity index is 2.28.